The second kappa shape index (κ2) is 5.74. The molecule has 3 rings (SSSR count). The fraction of sp³-hybridized carbons (Fsp3) is 0.467. The number of nitrogens with one attached hydrogen (secondary N) is 1. The summed E-state index contributed by atoms with van der Waals surface area (Å²) in [5.41, 5.74) is 0.918. The molecule has 1 aromatic carbocycles. The Kier molecular flexibility index (Phi) is 3.82. The number of likely N-dealkylation sites (N-methyl/N-ethyl adjacent to an activating group) is 1. The van der Waals surface area contributed by atoms with Crippen molar-refractivity contribution in [2.24, 2.45) is 0 Å². The Bertz CT molecular complexity index is 498. The molecule has 2 heterocycles. The van der Waals surface area contributed by atoms with E-state index >= 15 is 0 Å². The van der Waals surface area contributed by atoms with Gasteiger partial charge in [0.25, 0.3) is 0 Å². The maximum atomic E-state index is 5.86. The van der Waals surface area contributed by atoms with E-state index in [1.54, 1.807) is 0 Å². The number of hydrogen-bond acceptors (Lipinski definition) is 4. The number of para-hydroxylation sites is 1. The number of ether oxygens (including phenoxy) is 2. The third-order valence-corrected chi connectivity index (χ3v) is 3.52. The Labute approximate surface area is 112 Å². The minimum Gasteiger partial charge on any atom is -0.459 e. The molecule has 19 heavy (non-hydrogen) atoms. The summed E-state index contributed by atoms with van der Waals surface area (Å²) in [6.07, 6.45) is 1.21. The number of furan rings is 1. The smallest absolute Gasteiger partial charge is 0.134 e. The molecule has 4 heteroatoms. The maximum Gasteiger partial charge on any atom is 0.134 e. The molecule has 1 aliphatic rings. The van der Waals surface area contributed by atoms with Crippen LogP contribution < -0.4 is 5.32 Å². The number of hydrogen-bond donors (Lipinski definition) is 1. The highest BCUT2D eigenvalue weighted by Gasteiger charge is 2.20. The van der Waals surface area contributed by atoms with Crippen molar-refractivity contribution in [3.05, 3.63) is 36.1 Å². The van der Waals surface area contributed by atoms with Crippen molar-refractivity contribution in [1.29, 1.82) is 0 Å². The van der Waals surface area contributed by atoms with Gasteiger partial charge in [-0.2, -0.15) is 0 Å². The van der Waals surface area contributed by atoms with Gasteiger partial charge in [-0.3, -0.25) is 0 Å². The van der Waals surface area contributed by atoms with Crippen LogP contribution in [-0.2, 0) is 9.47 Å². The Morgan fingerprint density at radius 2 is 2.32 bits per heavy atom. The van der Waals surface area contributed by atoms with Crippen molar-refractivity contribution < 1.29 is 13.9 Å². The van der Waals surface area contributed by atoms with Crippen LogP contribution in [0.3, 0.4) is 0 Å². The van der Waals surface area contributed by atoms with E-state index in [1.807, 2.05) is 25.2 Å². The van der Waals surface area contributed by atoms with Crippen LogP contribution in [0.2, 0.25) is 0 Å². The predicted octanol–water partition coefficient (Wildman–Crippen LogP) is 2.50. The van der Waals surface area contributed by atoms with Crippen molar-refractivity contribution >= 4 is 11.0 Å². The maximum absolute atomic E-state index is 5.86. The van der Waals surface area contributed by atoms with Crippen molar-refractivity contribution in [3.8, 4) is 0 Å². The topological polar surface area (TPSA) is 43.6 Å². The Balaban J connectivity index is 1.69. The Morgan fingerprint density at radius 1 is 1.42 bits per heavy atom. The van der Waals surface area contributed by atoms with E-state index in [0.29, 0.717) is 13.2 Å². The van der Waals surface area contributed by atoms with E-state index in [4.69, 9.17) is 13.9 Å². The molecule has 1 aromatic heterocycles. The fourth-order valence-electron chi connectivity index (χ4n) is 2.36. The molecule has 0 bridgehead atoms. The van der Waals surface area contributed by atoms with Crippen LogP contribution in [0.15, 0.2) is 34.7 Å². The molecule has 2 atom stereocenters. The fourth-order valence-corrected chi connectivity index (χ4v) is 2.36. The standard InChI is InChI=1S/C15H19NO3/c1-16-13(10-18-12-6-7-17-9-12)15-8-11-4-2-3-5-14(11)19-15/h2-5,8,12-13,16H,6-7,9-10H2,1H3. The summed E-state index contributed by atoms with van der Waals surface area (Å²) in [7, 11) is 1.92. The summed E-state index contributed by atoms with van der Waals surface area (Å²) < 4.78 is 17.0. The molecule has 1 aliphatic heterocycles. The lowest BCUT2D eigenvalue weighted by Crippen LogP contribution is -2.25. The highest BCUT2D eigenvalue weighted by molar-refractivity contribution is 5.77. The monoisotopic (exact) mass is 261 g/mol. The average molecular weight is 261 g/mol. The summed E-state index contributed by atoms with van der Waals surface area (Å²) in [6, 6.07) is 10.2. The molecule has 0 spiro atoms. The molecule has 1 N–H and O–H groups in total. The normalized spacial score (nSPS) is 21.0. The lowest BCUT2D eigenvalue weighted by atomic mass is 10.2. The summed E-state index contributed by atoms with van der Waals surface area (Å²) in [6.45, 7) is 2.11. The zero-order valence-corrected chi connectivity index (χ0v) is 11.1. The van der Waals surface area contributed by atoms with Gasteiger partial charge in [0.15, 0.2) is 0 Å². The molecular weight excluding hydrogens is 242 g/mol. The van der Waals surface area contributed by atoms with Gasteiger partial charge in [0, 0.05) is 12.0 Å². The molecule has 4 nitrogen and oxygen atoms in total. The molecule has 2 unspecified atom stereocenters. The number of fused-ring (bicyclic) bond motifs is 1. The van der Waals surface area contributed by atoms with E-state index in [9.17, 15) is 0 Å². The van der Waals surface area contributed by atoms with Crippen LogP contribution in [0, 0.1) is 0 Å². The molecule has 0 saturated carbocycles. The van der Waals surface area contributed by atoms with Crippen molar-refractivity contribution in [2.45, 2.75) is 18.6 Å². The summed E-state index contributed by atoms with van der Waals surface area (Å²) >= 11 is 0. The van der Waals surface area contributed by atoms with E-state index in [1.165, 1.54) is 0 Å². The van der Waals surface area contributed by atoms with Crippen LogP contribution in [0.5, 0.6) is 0 Å². The van der Waals surface area contributed by atoms with Gasteiger partial charge in [-0.05, 0) is 25.6 Å². The zero-order chi connectivity index (χ0) is 13.1. The summed E-state index contributed by atoms with van der Waals surface area (Å²) in [5.74, 6) is 0.919. The third kappa shape index (κ3) is 2.81. The molecule has 0 aliphatic carbocycles. The lowest BCUT2D eigenvalue weighted by molar-refractivity contribution is 0.0281. The number of benzene rings is 1. The first-order valence-corrected chi connectivity index (χ1v) is 6.72. The zero-order valence-electron chi connectivity index (χ0n) is 11.1. The number of rotatable bonds is 5. The summed E-state index contributed by atoms with van der Waals surface area (Å²) in [5, 5.41) is 4.37. The van der Waals surface area contributed by atoms with Crippen LogP contribution in [0.1, 0.15) is 18.2 Å². The first-order valence-electron chi connectivity index (χ1n) is 6.72. The molecular formula is C15H19NO3. The average Bonchev–Trinajstić information content (AvgIpc) is 3.08. The quantitative estimate of drug-likeness (QED) is 0.898. The molecule has 2 aromatic rings. The second-order valence-corrected chi connectivity index (χ2v) is 4.85. The Hall–Kier alpha value is -1.36. The third-order valence-electron chi connectivity index (χ3n) is 3.52. The van der Waals surface area contributed by atoms with Gasteiger partial charge in [0.1, 0.15) is 11.3 Å². The largest absolute Gasteiger partial charge is 0.459 e. The van der Waals surface area contributed by atoms with Crippen LogP contribution in [0.25, 0.3) is 11.0 Å². The van der Waals surface area contributed by atoms with Gasteiger partial charge in [-0.1, -0.05) is 18.2 Å². The van der Waals surface area contributed by atoms with Gasteiger partial charge in [0.2, 0.25) is 0 Å². The SMILES string of the molecule is CNC(COC1CCOC1)c1cc2ccccc2o1. The molecule has 1 fully saturated rings. The summed E-state index contributed by atoms with van der Waals surface area (Å²) in [4.78, 5) is 0. The van der Waals surface area contributed by atoms with Gasteiger partial charge in [-0.15, -0.1) is 0 Å². The molecule has 1 saturated heterocycles. The van der Waals surface area contributed by atoms with E-state index < -0.39 is 0 Å². The predicted molar refractivity (Wildman–Crippen MR) is 73.2 cm³/mol. The minimum absolute atomic E-state index is 0.0769. The van der Waals surface area contributed by atoms with Gasteiger partial charge in [0.05, 0.1) is 25.4 Å². The Morgan fingerprint density at radius 3 is 3.05 bits per heavy atom. The van der Waals surface area contributed by atoms with Crippen molar-refractivity contribution in [1.82, 2.24) is 5.32 Å². The van der Waals surface area contributed by atoms with Crippen molar-refractivity contribution in [2.75, 3.05) is 26.9 Å². The van der Waals surface area contributed by atoms with Gasteiger partial charge >= 0.3 is 0 Å². The molecule has 0 amide bonds. The lowest BCUT2D eigenvalue weighted by Gasteiger charge is -2.16. The van der Waals surface area contributed by atoms with Crippen molar-refractivity contribution in [3.63, 3.8) is 0 Å². The van der Waals surface area contributed by atoms with Crippen LogP contribution >= 0.6 is 0 Å². The highest BCUT2D eigenvalue weighted by Crippen LogP contribution is 2.24. The van der Waals surface area contributed by atoms with Gasteiger partial charge in [-0.25, -0.2) is 0 Å². The van der Waals surface area contributed by atoms with E-state index in [-0.39, 0.29) is 12.1 Å². The first-order chi connectivity index (χ1) is 9.36. The molecule has 0 radical (unpaired) electrons. The first kappa shape index (κ1) is 12.7. The molecule has 102 valence electrons. The van der Waals surface area contributed by atoms with E-state index in [0.717, 1.165) is 29.8 Å². The van der Waals surface area contributed by atoms with Gasteiger partial charge < -0.3 is 19.2 Å². The minimum atomic E-state index is 0.0769. The van der Waals surface area contributed by atoms with E-state index in [2.05, 4.69) is 17.4 Å². The van der Waals surface area contributed by atoms with Crippen LogP contribution in [-0.4, -0.2) is 33.0 Å². The van der Waals surface area contributed by atoms with Crippen LogP contribution in [0.4, 0.5) is 0 Å². The highest BCUT2D eigenvalue weighted by atomic mass is 16.5. The second-order valence-electron chi connectivity index (χ2n) is 4.85.